The van der Waals surface area contributed by atoms with Gasteiger partial charge in [-0.2, -0.15) is 11.8 Å². The fourth-order valence-electron chi connectivity index (χ4n) is 4.67. The lowest BCUT2D eigenvalue weighted by Gasteiger charge is -2.26. The summed E-state index contributed by atoms with van der Waals surface area (Å²) in [7, 11) is 0. The van der Waals surface area contributed by atoms with Crippen LogP contribution in [0.15, 0.2) is 0 Å². The molecule has 312 valence electrons. The number of unbranched alkanes of at least 4 members (excludes halogenated alkanes) is 2. The van der Waals surface area contributed by atoms with Gasteiger partial charge in [0.05, 0.1) is 31.8 Å². The average Bonchev–Trinajstić information content (AvgIpc) is 3.10. The van der Waals surface area contributed by atoms with Crippen LogP contribution in [0, 0.1) is 0 Å². The van der Waals surface area contributed by atoms with Gasteiger partial charge < -0.3 is 69.5 Å². The monoisotopic (exact) mass is 807 g/mol. The van der Waals surface area contributed by atoms with Crippen molar-refractivity contribution < 1.29 is 68.4 Å². The Balaban J connectivity index is 6.17. The Labute approximate surface area is 320 Å². The van der Waals surface area contributed by atoms with E-state index in [9.17, 15) is 63.3 Å². The van der Waals surface area contributed by atoms with E-state index in [1.54, 1.807) is 0 Å². The number of aliphatic carboxylic acids is 4. The van der Waals surface area contributed by atoms with Gasteiger partial charge in [0.15, 0.2) is 0 Å². The summed E-state index contributed by atoms with van der Waals surface area (Å²) in [5.74, 6) is -12.0. The fraction of sp³-hybridized carbons (Fsp3) is 0.677. The zero-order chi connectivity index (χ0) is 42.1. The SMILES string of the molecule is CSCC[C@H](N)C(=O)NCC(=O)N[C@@H](CC(=O)O)C(=O)N[C@@H](CCCCN)C(=O)N[C@@H](CCCCN)C(=O)N[C@@H](CC(=O)O)C(=O)N[C@@H](CC(=O)O)C(=O)O. The van der Waals surface area contributed by atoms with Crippen LogP contribution in [0.1, 0.15) is 64.2 Å². The van der Waals surface area contributed by atoms with Crippen LogP contribution in [-0.2, 0) is 47.9 Å². The van der Waals surface area contributed by atoms with E-state index in [0.29, 0.717) is 25.0 Å². The van der Waals surface area contributed by atoms with Crippen LogP contribution in [-0.4, -0.2) is 148 Å². The second-order valence-electron chi connectivity index (χ2n) is 12.2. The molecule has 0 aromatic carbocycles. The predicted molar refractivity (Wildman–Crippen MR) is 194 cm³/mol. The number of carboxylic acid groups (broad SMARTS) is 4. The van der Waals surface area contributed by atoms with E-state index in [-0.39, 0.29) is 38.8 Å². The first-order valence-electron chi connectivity index (χ1n) is 17.2. The maximum Gasteiger partial charge on any atom is 0.326 e. The first-order chi connectivity index (χ1) is 25.9. The summed E-state index contributed by atoms with van der Waals surface area (Å²) in [4.78, 5) is 124. The molecule has 0 aliphatic carbocycles. The first-order valence-corrected chi connectivity index (χ1v) is 18.6. The zero-order valence-electron chi connectivity index (χ0n) is 30.4. The fourth-order valence-corrected chi connectivity index (χ4v) is 5.16. The quantitative estimate of drug-likeness (QED) is 0.0304. The number of nitrogens with one attached hydrogen (secondary N) is 6. The third-order valence-corrected chi connectivity index (χ3v) is 8.23. The maximum absolute atomic E-state index is 13.6. The molecule has 0 radical (unpaired) electrons. The van der Waals surface area contributed by atoms with Gasteiger partial charge in [0.1, 0.15) is 30.2 Å². The molecule has 0 bridgehead atoms. The third kappa shape index (κ3) is 22.0. The van der Waals surface area contributed by atoms with Crippen molar-refractivity contribution in [3.05, 3.63) is 0 Å². The molecule has 0 saturated carbocycles. The highest BCUT2D eigenvalue weighted by Gasteiger charge is 2.34. The van der Waals surface area contributed by atoms with Gasteiger partial charge in [-0.15, -0.1) is 0 Å². The zero-order valence-corrected chi connectivity index (χ0v) is 31.2. The van der Waals surface area contributed by atoms with Gasteiger partial charge in [-0.05, 0) is 70.0 Å². The van der Waals surface area contributed by atoms with Gasteiger partial charge in [0, 0.05) is 0 Å². The van der Waals surface area contributed by atoms with Gasteiger partial charge in [-0.1, -0.05) is 0 Å². The van der Waals surface area contributed by atoms with Crippen molar-refractivity contribution in [1.29, 1.82) is 0 Å². The van der Waals surface area contributed by atoms with E-state index in [2.05, 4.69) is 26.6 Å². The largest absolute Gasteiger partial charge is 0.481 e. The number of carboxylic acids is 4. The molecule has 55 heavy (non-hydrogen) atoms. The Morgan fingerprint density at radius 1 is 0.527 bits per heavy atom. The van der Waals surface area contributed by atoms with Crippen molar-refractivity contribution in [1.82, 2.24) is 31.9 Å². The molecule has 0 rings (SSSR count). The highest BCUT2D eigenvalue weighted by atomic mass is 32.2. The van der Waals surface area contributed by atoms with Crippen molar-refractivity contribution in [2.75, 3.05) is 31.6 Å². The van der Waals surface area contributed by atoms with Crippen molar-refractivity contribution in [3.63, 3.8) is 0 Å². The van der Waals surface area contributed by atoms with Crippen LogP contribution in [0.4, 0.5) is 0 Å². The second-order valence-corrected chi connectivity index (χ2v) is 13.2. The minimum atomic E-state index is -1.97. The number of nitrogens with two attached hydrogens (primary N) is 3. The Hall–Kier alpha value is -5.07. The third-order valence-electron chi connectivity index (χ3n) is 7.59. The number of hydrogen-bond donors (Lipinski definition) is 13. The topological polar surface area (TPSA) is 402 Å². The van der Waals surface area contributed by atoms with Crippen LogP contribution >= 0.6 is 11.8 Å². The standard InChI is InChI=1S/C31H53N9O14S/c1-55-11-8-16(34)26(48)35-15-22(41)36-19(12-23(42)43)29(51)38-17(6-2-4-9-32)27(49)37-18(7-3-5-10-33)28(50)39-20(13-24(44)45)30(52)40-21(31(53)54)14-25(46)47/h16-21H,2-15,32-34H2,1H3,(H,35,48)(H,36,41)(H,37,49)(H,38,51)(H,39,50)(H,40,52)(H,42,43)(H,44,45)(H,46,47)(H,53,54)/t16-,17-,18-,19-,20-,21-/m0/s1. The van der Waals surface area contributed by atoms with Gasteiger partial charge in [-0.3, -0.25) is 43.2 Å². The molecule has 0 aliphatic rings. The van der Waals surface area contributed by atoms with Crippen LogP contribution < -0.4 is 49.1 Å². The smallest absolute Gasteiger partial charge is 0.326 e. The molecule has 0 spiro atoms. The summed E-state index contributed by atoms with van der Waals surface area (Å²) in [6, 6.07) is -9.49. The van der Waals surface area contributed by atoms with Gasteiger partial charge in [0.25, 0.3) is 0 Å². The number of rotatable bonds is 30. The average molecular weight is 808 g/mol. The molecule has 24 heteroatoms. The van der Waals surface area contributed by atoms with E-state index in [1.807, 2.05) is 11.6 Å². The van der Waals surface area contributed by atoms with E-state index >= 15 is 0 Å². The number of carbonyl (C=O) groups is 10. The lowest BCUT2D eigenvalue weighted by Crippen LogP contribution is -2.59. The molecule has 0 aliphatic heterocycles. The maximum atomic E-state index is 13.6. The summed E-state index contributed by atoms with van der Waals surface area (Å²) in [5.41, 5.74) is 16.9. The molecule has 0 aromatic rings. The number of amides is 6. The van der Waals surface area contributed by atoms with Crippen molar-refractivity contribution >= 4 is 71.1 Å². The molecule has 0 unspecified atom stereocenters. The normalized spacial score (nSPS) is 14.0. The van der Waals surface area contributed by atoms with Crippen molar-refractivity contribution in [2.45, 2.75) is 100 Å². The summed E-state index contributed by atoms with van der Waals surface area (Å²) < 4.78 is 0. The highest BCUT2D eigenvalue weighted by Crippen LogP contribution is 2.08. The number of carbonyl (C=O) groups excluding carboxylic acids is 6. The molecular formula is C31H53N9O14S. The summed E-state index contributed by atoms with van der Waals surface area (Å²) >= 11 is 1.46. The molecule has 0 heterocycles. The van der Waals surface area contributed by atoms with E-state index < -0.39 is 121 Å². The Bertz CT molecular complexity index is 1360. The Kier molecular flexibility index (Phi) is 25.0. The van der Waals surface area contributed by atoms with E-state index in [1.165, 1.54) is 11.8 Å². The molecular weight excluding hydrogens is 754 g/mol. The van der Waals surface area contributed by atoms with Crippen LogP contribution in [0.5, 0.6) is 0 Å². The molecule has 6 amide bonds. The van der Waals surface area contributed by atoms with Gasteiger partial charge >= 0.3 is 23.9 Å². The number of hydrogen-bond acceptors (Lipinski definition) is 14. The lowest BCUT2D eigenvalue weighted by molar-refractivity contribution is -0.148. The van der Waals surface area contributed by atoms with Crippen molar-refractivity contribution in [3.8, 4) is 0 Å². The van der Waals surface area contributed by atoms with E-state index in [4.69, 9.17) is 22.3 Å². The van der Waals surface area contributed by atoms with E-state index in [0.717, 1.165) is 0 Å². The van der Waals surface area contributed by atoms with Crippen LogP contribution in [0.25, 0.3) is 0 Å². The Morgan fingerprint density at radius 3 is 1.31 bits per heavy atom. The highest BCUT2D eigenvalue weighted by molar-refractivity contribution is 7.98. The summed E-state index contributed by atoms with van der Waals surface area (Å²) in [5, 5.41) is 50.3. The van der Waals surface area contributed by atoms with Crippen molar-refractivity contribution in [2.24, 2.45) is 17.2 Å². The van der Waals surface area contributed by atoms with Crippen LogP contribution in [0.2, 0.25) is 0 Å². The Morgan fingerprint density at radius 2 is 0.909 bits per heavy atom. The predicted octanol–water partition coefficient (Wildman–Crippen LogP) is -4.63. The van der Waals surface area contributed by atoms with Crippen LogP contribution in [0.3, 0.4) is 0 Å². The molecule has 16 N–H and O–H groups in total. The summed E-state index contributed by atoms with van der Waals surface area (Å²) in [6.45, 7) is -0.277. The summed E-state index contributed by atoms with van der Waals surface area (Å²) in [6.07, 6.45) is 0.0619. The first kappa shape index (κ1) is 49.9. The molecule has 0 aromatic heterocycles. The van der Waals surface area contributed by atoms with Gasteiger partial charge in [0.2, 0.25) is 35.4 Å². The van der Waals surface area contributed by atoms with Gasteiger partial charge in [-0.25, -0.2) is 4.79 Å². The molecule has 23 nitrogen and oxygen atoms in total. The number of thioether (sulfide) groups is 1. The second kappa shape index (κ2) is 27.5. The minimum absolute atomic E-state index is 0.0894. The molecule has 0 fully saturated rings. The minimum Gasteiger partial charge on any atom is -0.481 e. The lowest BCUT2D eigenvalue weighted by atomic mass is 10.0. The molecule has 0 saturated heterocycles. The molecule has 6 atom stereocenters.